The summed E-state index contributed by atoms with van der Waals surface area (Å²) in [5.41, 5.74) is 4.08. The van der Waals surface area contributed by atoms with E-state index in [9.17, 15) is 0 Å². The van der Waals surface area contributed by atoms with Crippen LogP contribution in [0.1, 0.15) is 49.5 Å². The molecule has 1 aliphatic rings. The standard InChI is InChI=1S/C22H34N6O/c1-6-23-22(24-11-10-20-25-21(16(2)3)26-29-20)28-14-12-27(13-15-28)19-9-7-8-17(4)18(19)5/h7-9,16H,6,10-15H2,1-5H3,(H,23,24). The number of piperazine rings is 1. The fourth-order valence-corrected chi connectivity index (χ4v) is 3.52. The van der Waals surface area contributed by atoms with Crippen molar-refractivity contribution >= 4 is 11.6 Å². The van der Waals surface area contributed by atoms with E-state index >= 15 is 0 Å². The number of hydrogen-bond acceptors (Lipinski definition) is 5. The molecule has 1 N–H and O–H groups in total. The van der Waals surface area contributed by atoms with E-state index in [1.165, 1.54) is 16.8 Å². The number of anilines is 1. The molecular formula is C22H34N6O. The summed E-state index contributed by atoms with van der Waals surface area (Å²) >= 11 is 0. The molecule has 0 aliphatic carbocycles. The second-order valence-electron chi connectivity index (χ2n) is 7.88. The topological polar surface area (TPSA) is 69.8 Å². The average Bonchev–Trinajstić information content (AvgIpc) is 3.19. The molecule has 0 amide bonds. The molecule has 3 rings (SSSR count). The summed E-state index contributed by atoms with van der Waals surface area (Å²) in [5, 5.41) is 7.45. The predicted molar refractivity (Wildman–Crippen MR) is 118 cm³/mol. The summed E-state index contributed by atoms with van der Waals surface area (Å²) < 4.78 is 5.33. The molecule has 158 valence electrons. The third-order valence-electron chi connectivity index (χ3n) is 5.42. The van der Waals surface area contributed by atoms with E-state index in [2.05, 4.69) is 78.1 Å². The van der Waals surface area contributed by atoms with Crippen LogP contribution in [0.5, 0.6) is 0 Å². The van der Waals surface area contributed by atoms with Crippen LogP contribution < -0.4 is 10.2 Å². The molecule has 0 spiro atoms. The molecule has 0 unspecified atom stereocenters. The summed E-state index contributed by atoms with van der Waals surface area (Å²) in [6.07, 6.45) is 0.664. The molecule has 1 aromatic carbocycles. The maximum absolute atomic E-state index is 5.33. The van der Waals surface area contributed by atoms with Gasteiger partial charge in [0, 0.05) is 50.7 Å². The maximum atomic E-state index is 5.33. The molecule has 1 saturated heterocycles. The Balaban J connectivity index is 1.58. The Hall–Kier alpha value is -2.57. The Labute approximate surface area is 174 Å². The normalized spacial score (nSPS) is 15.3. The van der Waals surface area contributed by atoms with E-state index in [1.807, 2.05) is 0 Å². The molecule has 7 nitrogen and oxygen atoms in total. The van der Waals surface area contributed by atoms with E-state index in [0.717, 1.165) is 44.5 Å². The van der Waals surface area contributed by atoms with Crippen molar-refractivity contribution < 1.29 is 4.52 Å². The number of aliphatic imine (C=N–C) groups is 1. The van der Waals surface area contributed by atoms with Gasteiger partial charge in [-0.3, -0.25) is 4.99 Å². The van der Waals surface area contributed by atoms with Gasteiger partial charge in [0.25, 0.3) is 0 Å². The van der Waals surface area contributed by atoms with Crippen molar-refractivity contribution in [3.05, 3.63) is 41.0 Å². The van der Waals surface area contributed by atoms with Crippen molar-refractivity contribution in [1.29, 1.82) is 0 Å². The molecule has 2 aromatic rings. The van der Waals surface area contributed by atoms with E-state index in [0.29, 0.717) is 18.9 Å². The molecule has 0 bridgehead atoms. The molecule has 0 atom stereocenters. The number of benzene rings is 1. The Bertz CT molecular complexity index is 820. The number of aryl methyl sites for hydroxylation is 1. The lowest BCUT2D eigenvalue weighted by atomic mass is 10.1. The SMILES string of the molecule is CCNC(=NCCc1nc(C(C)C)no1)N1CCN(c2cccc(C)c2C)CC1. The van der Waals surface area contributed by atoms with Crippen LogP contribution in [0.15, 0.2) is 27.7 Å². The fraction of sp³-hybridized carbons (Fsp3) is 0.591. The lowest BCUT2D eigenvalue weighted by Crippen LogP contribution is -2.52. The molecule has 1 aliphatic heterocycles. The highest BCUT2D eigenvalue weighted by molar-refractivity contribution is 5.80. The highest BCUT2D eigenvalue weighted by Gasteiger charge is 2.21. The van der Waals surface area contributed by atoms with E-state index in [-0.39, 0.29) is 5.92 Å². The Morgan fingerprint density at radius 2 is 1.97 bits per heavy atom. The highest BCUT2D eigenvalue weighted by atomic mass is 16.5. The van der Waals surface area contributed by atoms with Gasteiger partial charge in [-0.1, -0.05) is 31.1 Å². The summed E-state index contributed by atoms with van der Waals surface area (Å²) in [6.45, 7) is 16.0. The monoisotopic (exact) mass is 398 g/mol. The molecule has 7 heteroatoms. The van der Waals surface area contributed by atoms with Crippen LogP contribution in [-0.2, 0) is 6.42 Å². The molecule has 1 aromatic heterocycles. The minimum Gasteiger partial charge on any atom is -0.368 e. The van der Waals surface area contributed by atoms with E-state index in [1.54, 1.807) is 0 Å². The number of guanidine groups is 1. The first kappa shape index (κ1) is 21.1. The van der Waals surface area contributed by atoms with Gasteiger partial charge in [0.2, 0.25) is 5.89 Å². The summed E-state index contributed by atoms with van der Waals surface area (Å²) in [5.74, 6) is 2.67. The van der Waals surface area contributed by atoms with Crippen molar-refractivity contribution in [3.63, 3.8) is 0 Å². The maximum Gasteiger partial charge on any atom is 0.228 e. The Morgan fingerprint density at radius 1 is 1.21 bits per heavy atom. The molecule has 1 fully saturated rings. The second-order valence-corrected chi connectivity index (χ2v) is 7.88. The van der Waals surface area contributed by atoms with Gasteiger partial charge in [0.15, 0.2) is 11.8 Å². The number of nitrogens with zero attached hydrogens (tertiary/aromatic N) is 5. The molecule has 2 heterocycles. The number of hydrogen-bond donors (Lipinski definition) is 1. The van der Waals surface area contributed by atoms with Gasteiger partial charge >= 0.3 is 0 Å². The first-order valence-corrected chi connectivity index (χ1v) is 10.7. The van der Waals surface area contributed by atoms with Crippen LogP contribution >= 0.6 is 0 Å². The zero-order valence-electron chi connectivity index (χ0n) is 18.4. The highest BCUT2D eigenvalue weighted by Crippen LogP contribution is 2.23. The summed E-state index contributed by atoms with van der Waals surface area (Å²) in [6, 6.07) is 6.56. The summed E-state index contributed by atoms with van der Waals surface area (Å²) in [7, 11) is 0. The Morgan fingerprint density at radius 3 is 2.62 bits per heavy atom. The van der Waals surface area contributed by atoms with Gasteiger partial charge in [-0.05, 0) is 38.0 Å². The quantitative estimate of drug-likeness (QED) is 0.595. The van der Waals surface area contributed by atoms with Gasteiger partial charge < -0.3 is 19.6 Å². The second kappa shape index (κ2) is 9.76. The van der Waals surface area contributed by atoms with E-state index < -0.39 is 0 Å². The molecule has 0 radical (unpaired) electrons. The van der Waals surface area contributed by atoms with Crippen LogP contribution in [0.25, 0.3) is 0 Å². The molecular weight excluding hydrogens is 364 g/mol. The largest absolute Gasteiger partial charge is 0.368 e. The average molecular weight is 399 g/mol. The number of rotatable bonds is 6. The van der Waals surface area contributed by atoms with Crippen LogP contribution in [0.4, 0.5) is 5.69 Å². The molecule has 0 saturated carbocycles. The van der Waals surface area contributed by atoms with Crippen molar-refractivity contribution in [1.82, 2.24) is 20.4 Å². The van der Waals surface area contributed by atoms with Crippen LogP contribution in [0.2, 0.25) is 0 Å². The lowest BCUT2D eigenvalue weighted by Gasteiger charge is -2.38. The van der Waals surface area contributed by atoms with Crippen molar-refractivity contribution in [2.45, 2.75) is 47.0 Å². The zero-order valence-corrected chi connectivity index (χ0v) is 18.4. The third kappa shape index (κ3) is 5.28. The van der Waals surface area contributed by atoms with Gasteiger partial charge in [-0.2, -0.15) is 4.98 Å². The van der Waals surface area contributed by atoms with E-state index in [4.69, 9.17) is 9.52 Å². The van der Waals surface area contributed by atoms with Gasteiger partial charge in [0.1, 0.15) is 0 Å². The number of nitrogens with one attached hydrogen (secondary N) is 1. The van der Waals surface area contributed by atoms with Crippen LogP contribution in [0, 0.1) is 13.8 Å². The molecule has 29 heavy (non-hydrogen) atoms. The van der Waals surface area contributed by atoms with Crippen molar-refractivity contribution in [2.24, 2.45) is 4.99 Å². The van der Waals surface area contributed by atoms with Crippen LogP contribution in [0.3, 0.4) is 0 Å². The smallest absolute Gasteiger partial charge is 0.228 e. The predicted octanol–water partition coefficient (Wildman–Crippen LogP) is 3.14. The van der Waals surface area contributed by atoms with Gasteiger partial charge in [-0.15, -0.1) is 0 Å². The Kier molecular flexibility index (Phi) is 7.12. The lowest BCUT2D eigenvalue weighted by molar-refractivity contribution is 0.366. The first-order chi connectivity index (χ1) is 14.0. The summed E-state index contributed by atoms with van der Waals surface area (Å²) in [4.78, 5) is 14.1. The minimum absolute atomic E-state index is 0.279. The first-order valence-electron chi connectivity index (χ1n) is 10.7. The van der Waals surface area contributed by atoms with Crippen molar-refractivity contribution in [2.75, 3.05) is 44.2 Å². The van der Waals surface area contributed by atoms with Gasteiger partial charge in [-0.25, -0.2) is 0 Å². The minimum atomic E-state index is 0.279. The third-order valence-corrected chi connectivity index (χ3v) is 5.42. The number of aromatic nitrogens is 2. The van der Waals surface area contributed by atoms with Crippen molar-refractivity contribution in [3.8, 4) is 0 Å². The fourth-order valence-electron chi connectivity index (χ4n) is 3.52. The zero-order chi connectivity index (χ0) is 20.8. The van der Waals surface area contributed by atoms with Crippen LogP contribution in [-0.4, -0.2) is 60.3 Å². The van der Waals surface area contributed by atoms with Gasteiger partial charge in [0.05, 0.1) is 6.54 Å².